The van der Waals surface area contributed by atoms with Crippen molar-refractivity contribution in [2.24, 2.45) is 46.3 Å². The highest BCUT2D eigenvalue weighted by molar-refractivity contribution is 5.29. The smallest absolute Gasteiger partial charge is 0.0759 e. The van der Waals surface area contributed by atoms with Crippen LogP contribution >= 0.6 is 0 Å². The molecular formula is C27H46O2. The fourth-order valence-electron chi connectivity index (χ4n) is 8.78. The van der Waals surface area contributed by atoms with Crippen LogP contribution in [-0.2, 0) is 0 Å². The maximum atomic E-state index is 11.1. The number of rotatable bonds is 5. The van der Waals surface area contributed by atoms with Crippen LogP contribution in [0.1, 0.15) is 98.8 Å². The van der Waals surface area contributed by atoms with Gasteiger partial charge in [-0.05, 0) is 96.9 Å². The van der Waals surface area contributed by atoms with E-state index < -0.39 is 0 Å². The summed E-state index contributed by atoms with van der Waals surface area (Å²) >= 11 is 0. The lowest BCUT2D eigenvalue weighted by Crippen LogP contribution is -2.54. The zero-order chi connectivity index (χ0) is 21.0. The van der Waals surface area contributed by atoms with E-state index in [0.29, 0.717) is 17.3 Å². The summed E-state index contributed by atoms with van der Waals surface area (Å²) in [6, 6.07) is 0. The van der Waals surface area contributed by atoms with Gasteiger partial charge in [0.1, 0.15) is 0 Å². The van der Waals surface area contributed by atoms with Crippen molar-refractivity contribution in [3.63, 3.8) is 0 Å². The van der Waals surface area contributed by atoms with E-state index in [4.69, 9.17) is 0 Å². The van der Waals surface area contributed by atoms with Gasteiger partial charge in [-0.1, -0.05) is 60.0 Å². The summed E-state index contributed by atoms with van der Waals surface area (Å²) in [5.41, 5.74) is 1.77. The molecule has 2 heteroatoms. The van der Waals surface area contributed by atoms with Crippen LogP contribution < -0.4 is 0 Å². The van der Waals surface area contributed by atoms with Gasteiger partial charge in [-0.15, -0.1) is 0 Å². The summed E-state index contributed by atoms with van der Waals surface area (Å²) in [5, 5.41) is 21.3. The van der Waals surface area contributed by atoms with Gasteiger partial charge < -0.3 is 10.2 Å². The van der Waals surface area contributed by atoms with Crippen LogP contribution in [0.3, 0.4) is 0 Å². The highest BCUT2D eigenvalue weighted by atomic mass is 16.3. The molecule has 0 heterocycles. The second kappa shape index (κ2) is 7.97. The maximum absolute atomic E-state index is 11.1. The average molecular weight is 403 g/mol. The fraction of sp³-hybridized carbons (Fsp3) is 0.926. The number of aliphatic hydroxyl groups excluding tert-OH is 2. The van der Waals surface area contributed by atoms with Crippen LogP contribution in [0.25, 0.3) is 0 Å². The zero-order valence-corrected chi connectivity index (χ0v) is 19.7. The van der Waals surface area contributed by atoms with Gasteiger partial charge in [0, 0.05) is 0 Å². The van der Waals surface area contributed by atoms with Crippen molar-refractivity contribution in [2.45, 2.75) is 111 Å². The quantitative estimate of drug-likeness (QED) is 0.525. The van der Waals surface area contributed by atoms with Crippen LogP contribution in [0.2, 0.25) is 0 Å². The minimum absolute atomic E-state index is 0.115. The summed E-state index contributed by atoms with van der Waals surface area (Å²) in [7, 11) is 0. The molecule has 0 unspecified atom stereocenters. The Labute approximate surface area is 179 Å². The average Bonchev–Trinajstić information content (AvgIpc) is 3.00. The number of fused-ring (bicyclic) bond motifs is 5. The molecule has 3 fully saturated rings. The first kappa shape index (κ1) is 21.9. The SMILES string of the molecule is CC(C)CCC[C@@H](C)[C@H]1CC[C@H]2[C@@H]3C[C@H](O)C4=C[C@@H](O)CC[C@]4(C)[C@H]3CC[C@]12C. The van der Waals surface area contributed by atoms with Crippen molar-refractivity contribution >= 4 is 0 Å². The largest absolute Gasteiger partial charge is 0.389 e. The molecule has 0 amide bonds. The molecular weight excluding hydrogens is 356 g/mol. The molecule has 0 aromatic heterocycles. The normalized spacial score (nSPS) is 47.9. The summed E-state index contributed by atoms with van der Waals surface area (Å²) in [6.07, 6.45) is 13.8. The number of hydrogen-bond acceptors (Lipinski definition) is 2. The van der Waals surface area contributed by atoms with E-state index in [1.165, 1.54) is 50.5 Å². The molecule has 2 nitrogen and oxygen atoms in total. The predicted octanol–water partition coefficient (Wildman–Crippen LogP) is 6.36. The van der Waals surface area contributed by atoms with Crippen molar-refractivity contribution in [1.82, 2.24) is 0 Å². The Morgan fingerprint density at radius 1 is 0.966 bits per heavy atom. The Morgan fingerprint density at radius 3 is 2.45 bits per heavy atom. The molecule has 0 aliphatic heterocycles. The molecule has 166 valence electrons. The van der Waals surface area contributed by atoms with Crippen molar-refractivity contribution in [1.29, 1.82) is 0 Å². The van der Waals surface area contributed by atoms with Crippen molar-refractivity contribution in [3.05, 3.63) is 11.6 Å². The van der Waals surface area contributed by atoms with Gasteiger partial charge in [0.05, 0.1) is 12.2 Å². The monoisotopic (exact) mass is 402 g/mol. The van der Waals surface area contributed by atoms with E-state index in [9.17, 15) is 10.2 Å². The van der Waals surface area contributed by atoms with Gasteiger partial charge in [0.15, 0.2) is 0 Å². The molecule has 3 saturated carbocycles. The Bertz CT molecular complexity index is 624. The Morgan fingerprint density at radius 2 is 1.72 bits per heavy atom. The van der Waals surface area contributed by atoms with Gasteiger partial charge in [0.25, 0.3) is 0 Å². The molecule has 0 saturated heterocycles. The first-order valence-corrected chi connectivity index (χ1v) is 12.7. The standard InChI is InChI=1S/C27H46O2/c1-17(2)7-6-8-18(3)21-9-10-22-20-16-25(29)24-15-19(28)11-13-27(24,5)23(20)12-14-26(21,22)4/h15,17-23,25,28-29H,6-14,16H2,1-5H3/t18-,19+,20+,21-,22+,23+,25+,26-,27-/m1/s1. The van der Waals surface area contributed by atoms with Gasteiger partial charge in [-0.25, -0.2) is 0 Å². The zero-order valence-electron chi connectivity index (χ0n) is 19.7. The number of hydrogen-bond donors (Lipinski definition) is 2. The molecule has 29 heavy (non-hydrogen) atoms. The third kappa shape index (κ3) is 3.65. The van der Waals surface area contributed by atoms with E-state index >= 15 is 0 Å². The van der Waals surface area contributed by atoms with Gasteiger partial charge in [-0.3, -0.25) is 0 Å². The Balaban J connectivity index is 1.52. The molecule has 4 aliphatic rings. The Hall–Kier alpha value is -0.340. The van der Waals surface area contributed by atoms with Crippen LogP contribution in [-0.4, -0.2) is 22.4 Å². The second-order valence-electron chi connectivity index (χ2n) is 12.3. The van der Waals surface area contributed by atoms with E-state index in [0.717, 1.165) is 42.9 Å². The molecule has 0 radical (unpaired) electrons. The van der Waals surface area contributed by atoms with Gasteiger partial charge >= 0.3 is 0 Å². The van der Waals surface area contributed by atoms with Crippen LogP contribution in [0, 0.1) is 46.3 Å². The molecule has 9 atom stereocenters. The Kier molecular flexibility index (Phi) is 6.01. The van der Waals surface area contributed by atoms with E-state index in [1.807, 2.05) is 6.08 Å². The predicted molar refractivity (Wildman–Crippen MR) is 120 cm³/mol. The summed E-state index contributed by atoms with van der Waals surface area (Å²) in [6.45, 7) is 12.3. The van der Waals surface area contributed by atoms with Gasteiger partial charge in [0.2, 0.25) is 0 Å². The molecule has 0 spiro atoms. The lowest BCUT2D eigenvalue weighted by molar-refractivity contribution is -0.0874. The third-order valence-corrected chi connectivity index (χ3v) is 10.3. The maximum Gasteiger partial charge on any atom is 0.0759 e. The van der Waals surface area contributed by atoms with Crippen molar-refractivity contribution < 1.29 is 10.2 Å². The topological polar surface area (TPSA) is 40.5 Å². The summed E-state index contributed by atoms with van der Waals surface area (Å²) in [4.78, 5) is 0. The summed E-state index contributed by atoms with van der Waals surface area (Å²) < 4.78 is 0. The minimum Gasteiger partial charge on any atom is -0.389 e. The van der Waals surface area contributed by atoms with E-state index in [-0.39, 0.29) is 17.6 Å². The molecule has 0 aromatic carbocycles. The fourth-order valence-corrected chi connectivity index (χ4v) is 8.78. The second-order valence-corrected chi connectivity index (χ2v) is 12.3. The first-order valence-electron chi connectivity index (χ1n) is 12.7. The highest BCUT2D eigenvalue weighted by Gasteiger charge is 2.60. The highest BCUT2D eigenvalue weighted by Crippen LogP contribution is 2.67. The molecule has 0 aromatic rings. The van der Waals surface area contributed by atoms with Crippen molar-refractivity contribution in [2.75, 3.05) is 0 Å². The van der Waals surface area contributed by atoms with Crippen LogP contribution in [0.4, 0.5) is 0 Å². The minimum atomic E-state index is -0.347. The van der Waals surface area contributed by atoms with Crippen LogP contribution in [0.15, 0.2) is 11.6 Å². The van der Waals surface area contributed by atoms with E-state index in [1.54, 1.807) is 0 Å². The first-order chi connectivity index (χ1) is 13.7. The van der Waals surface area contributed by atoms with Crippen molar-refractivity contribution in [3.8, 4) is 0 Å². The lowest BCUT2D eigenvalue weighted by Gasteiger charge is -2.60. The summed E-state index contributed by atoms with van der Waals surface area (Å²) in [5.74, 6) is 4.70. The molecule has 4 aliphatic carbocycles. The van der Waals surface area contributed by atoms with Crippen LogP contribution in [0.5, 0.6) is 0 Å². The number of aliphatic hydroxyl groups is 2. The molecule has 4 rings (SSSR count). The van der Waals surface area contributed by atoms with E-state index in [2.05, 4.69) is 34.6 Å². The lowest BCUT2D eigenvalue weighted by atomic mass is 9.46. The molecule has 0 bridgehead atoms. The third-order valence-electron chi connectivity index (χ3n) is 10.3. The molecule has 2 N–H and O–H groups in total. The van der Waals surface area contributed by atoms with Gasteiger partial charge in [-0.2, -0.15) is 0 Å².